The Labute approximate surface area is 114 Å². The minimum Gasteiger partial charge on any atom is -0.384 e. The van der Waals surface area contributed by atoms with Crippen LogP contribution in [0, 0.1) is 12.3 Å². The Morgan fingerprint density at radius 2 is 2.21 bits per heavy atom. The van der Waals surface area contributed by atoms with Crippen molar-refractivity contribution in [2.24, 2.45) is 5.73 Å². The summed E-state index contributed by atoms with van der Waals surface area (Å²) in [6, 6.07) is 4.31. The zero-order valence-corrected chi connectivity index (χ0v) is 12.0. The van der Waals surface area contributed by atoms with Crippen molar-refractivity contribution in [3.8, 4) is 0 Å². The fraction of sp³-hybridized carbons (Fsp3) is 0.571. The van der Waals surface area contributed by atoms with Gasteiger partial charge in [0, 0.05) is 36.9 Å². The highest BCUT2D eigenvalue weighted by molar-refractivity contribution is 5.95. The average Bonchev–Trinajstić information content (AvgIpc) is 2.37. The molecule has 0 amide bonds. The van der Waals surface area contributed by atoms with Crippen molar-refractivity contribution >= 4 is 11.7 Å². The van der Waals surface area contributed by atoms with E-state index in [2.05, 4.69) is 28.6 Å². The zero-order chi connectivity index (χ0) is 14.0. The number of amidine groups is 1. The first-order valence-electron chi connectivity index (χ1n) is 6.83. The van der Waals surface area contributed by atoms with E-state index in [0.29, 0.717) is 6.04 Å². The Hall–Kier alpha value is -1.62. The topological polar surface area (TPSA) is 69.2 Å². The summed E-state index contributed by atoms with van der Waals surface area (Å²) in [5.74, 6) is 1.04. The molecule has 19 heavy (non-hydrogen) atoms. The molecule has 1 unspecified atom stereocenters. The Balaban J connectivity index is 2.21. The van der Waals surface area contributed by atoms with E-state index in [-0.39, 0.29) is 5.84 Å². The van der Waals surface area contributed by atoms with Crippen molar-refractivity contribution in [3.05, 3.63) is 23.4 Å². The van der Waals surface area contributed by atoms with Gasteiger partial charge in [-0.15, -0.1) is 0 Å². The van der Waals surface area contributed by atoms with E-state index < -0.39 is 0 Å². The van der Waals surface area contributed by atoms with Crippen LogP contribution in [0.15, 0.2) is 12.1 Å². The summed E-state index contributed by atoms with van der Waals surface area (Å²) >= 11 is 0. The zero-order valence-electron chi connectivity index (χ0n) is 12.0. The Kier molecular flexibility index (Phi) is 4.04. The number of nitrogens with two attached hydrogens (primary N) is 1. The summed E-state index contributed by atoms with van der Waals surface area (Å²) in [5, 5.41) is 7.57. The molecule has 0 aliphatic carbocycles. The molecule has 1 aromatic heterocycles. The molecule has 5 nitrogen and oxygen atoms in total. The van der Waals surface area contributed by atoms with Gasteiger partial charge in [-0.05, 0) is 32.5 Å². The summed E-state index contributed by atoms with van der Waals surface area (Å²) in [5.41, 5.74) is 7.25. The van der Waals surface area contributed by atoms with Gasteiger partial charge in [0.05, 0.1) is 0 Å². The second-order valence-corrected chi connectivity index (χ2v) is 5.19. The Bertz CT molecular complexity index is 471. The standard InChI is InChI=1S/C14H23N5/c1-4-18-5-6-19(9-11(18)3)13-8-12(14(15)16)7-10(2)17-13/h7-8,11H,4-6,9H2,1-3H3,(H3,15,16). The van der Waals surface area contributed by atoms with Crippen LogP contribution in [-0.4, -0.2) is 47.9 Å². The largest absolute Gasteiger partial charge is 0.384 e. The molecule has 1 fully saturated rings. The quantitative estimate of drug-likeness (QED) is 0.634. The number of nitrogens with zero attached hydrogens (tertiary/aromatic N) is 3. The summed E-state index contributed by atoms with van der Waals surface area (Å²) in [7, 11) is 0. The van der Waals surface area contributed by atoms with E-state index in [1.807, 2.05) is 19.1 Å². The number of aryl methyl sites for hydroxylation is 1. The molecule has 104 valence electrons. The van der Waals surface area contributed by atoms with E-state index in [4.69, 9.17) is 11.1 Å². The second-order valence-electron chi connectivity index (χ2n) is 5.19. The van der Waals surface area contributed by atoms with Gasteiger partial charge in [-0.25, -0.2) is 4.98 Å². The summed E-state index contributed by atoms with van der Waals surface area (Å²) in [6.45, 7) is 10.5. The van der Waals surface area contributed by atoms with Gasteiger partial charge in [0.25, 0.3) is 0 Å². The summed E-state index contributed by atoms with van der Waals surface area (Å²) in [6.07, 6.45) is 0. The number of pyridine rings is 1. The molecule has 0 saturated carbocycles. The van der Waals surface area contributed by atoms with E-state index >= 15 is 0 Å². The maximum atomic E-state index is 7.57. The lowest BCUT2D eigenvalue weighted by molar-refractivity contribution is 0.199. The van der Waals surface area contributed by atoms with Gasteiger partial charge in [0.15, 0.2) is 0 Å². The van der Waals surface area contributed by atoms with E-state index in [9.17, 15) is 0 Å². The molecule has 0 radical (unpaired) electrons. The lowest BCUT2D eigenvalue weighted by Crippen LogP contribution is -2.52. The van der Waals surface area contributed by atoms with Gasteiger partial charge >= 0.3 is 0 Å². The van der Waals surface area contributed by atoms with Gasteiger partial charge < -0.3 is 10.6 Å². The van der Waals surface area contributed by atoms with E-state index in [0.717, 1.165) is 43.3 Å². The number of nitrogen functional groups attached to an aromatic ring is 1. The first-order valence-corrected chi connectivity index (χ1v) is 6.83. The Morgan fingerprint density at radius 1 is 1.47 bits per heavy atom. The van der Waals surface area contributed by atoms with Crippen LogP contribution in [0.25, 0.3) is 0 Å². The van der Waals surface area contributed by atoms with Crippen molar-refractivity contribution < 1.29 is 0 Å². The van der Waals surface area contributed by atoms with Crippen molar-refractivity contribution in [2.75, 3.05) is 31.1 Å². The van der Waals surface area contributed by atoms with Crippen LogP contribution in [0.3, 0.4) is 0 Å². The van der Waals surface area contributed by atoms with Crippen molar-refractivity contribution in [2.45, 2.75) is 26.8 Å². The van der Waals surface area contributed by atoms with E-state index in [1.54, 1.807) is 0 Å². The number of aromatic nitrogens is 1. The molecule has 1 aliphatic rings. The molecule has 5 heteroatoms. The normalized spacial score (nSPS) is 20.6. The summed E-state index contributed by atoms with van der Waals surface area (Å²) in [4.78, 5) is 9.34. The number of rotatable bonds is 3. The first kappa shape index (κ1) is 13.8. The van der Waals surface area contributed by atoms with Gasteiger partial charge in [0.1, 0.15) is 11.7 Å². The molecule has 1 aromatic rings. The van der Waals surface area contributed by atoms with Crippen molar-refractivity contribution in [1.82, 2.24) is 9.88 Å². The number of anilines is 1. The van der Waals surface area contributed by atoms with Crippen LogP contribution >= 0.6 is 0 Å². The molecule has 0 bridgehead atoms. The monoisotopic (exact) mass is 261 g/mol. The fourth-order valence-electron chi connectivity index (χ4n) is 2.64. The lowest BCUT2D eigenvalue weighted by Gasteiger charge is -2.40. The molecular weight excluding hydrogens is 238 g/mol. The maximum Gasteiger partial charge on any atom is 0.129 e. The second kappa shape index (κ2) is 5.57. The third kappa shape index (κ3) is 3.04. The predicted octanol–water partition coefficient (Wildman–Crippen LogP) is 1.20. The Morgan fingerprint density at radius 3 is 2.79 bits per heavy atom. The number of likely N-dealkylation sites (N-methyl/N-ethyl adjacent to an activating group) is 1. The molecule has 2 heterocycles. The van der Waals surface area contributed by atoms with Gasteiger partial charge in [-0.3, -0.25) is 10.3 Å². The van der Waals surface area contributed by atoms with Crippen LogP contribution in [0.4, 0.5) is 5.82 Å². The number of piperazine rings is 1. The fourth-order valence-corrected chi connectivity index (χ4v) is 2.64. The molecular formula is C14H23N5. The molecule has 1 atom stereocenters. The molecule has 1 aliphatic heterocycles. The number of hydrogen-bond acceptors (Lipinski definition) is 4. The lowest BCUT2D eigenvalue weighted by atomic mass is 10.1. The SMILES string of the molecule is CCN1CCN(c2cc(C(=N)N)cc(C)n2)CC1C. The number of hydrogen-bond donors (Lipinski definition) is 2. The highest BCUT2D eigenvalue weighted by Gasteiger charge is 2.23. The minimum atomic E-state index is 0.104. The van der Waals surface area contributed by atoms with Crippen LogP contribution in [0.2, 0.25) is 0 Å². The van der Waals surface area contributed by atoms with Gasteiger partial charge in [-0.1, -0.05) is 6.92 Å². The molecule has 1 saturated heterocycles. The molecule has 2 rings (SSSR count). The molecule has 0 aromatic carbocycles. The first-order chi connectivity index (χ1) is 9.01. The summed E-state index contributed by atoms with van der Waals surface area (Å²) < 4.78 is 0. The van der Waals surface area contributed by atoms with Gasteiger partial charge in [-0.2, -0.15) is 0 Å². The molecule has 0 spiro atoms. The highest BCUT2D eigenvalue weighted by Crippen LogP contribution is 2.19. The third-order valence-electron chi connectivity index (χ3n) is 3.75. The predicted molar refractivity (Wildman–Crippen MR) is 78.9 cm³/mol. The third-order valence-corrected chi connectivity index (χ3v) is 3.75. The van der Waals surface area contributed by atoms with Crippen molar-refractivity contribution in [1.29, 1.82) is 5.41 Å². The minimum absolute atomic E-state index is 0.104. The van der Waals surface area contributed by atoms with Crippen LogP contribution < -0.4 is 10.6 Å². The number of nitrogens with one attached hydrogen (secondary N) is 1. The smallest absolute Gasteiger partial charge is 0.129 e. The maximum absolute atomic E-state index is 7.57. The highest BCUT2D eigenvalue weighted by atomic mass is 15.3. The molecule has 3 N–H and O–H groups in total. The van der Waals surface area contributed by atoms with Crippen LogP contribution in [0.5, 0.6) is 0 Å². The average molecular weight is 261 g/mol. The van der Waals surface area contributed by atoms with Gasteiger partial charge in [0.2, 0.25) is 0 Å². The van der Waals surface area contributed by atoms with Crippen molar-refractivity contribution in [3.63, 3.8) is 0 Å². The van der Waals surface area contributed by atoms with Crippen LogP contribution in [0.1, 0.15) is 25.1 Å². The van der Waals surface area contributed by atoms with Crippen LogP contribution in [-0.2, 0) is 0 Å². The van der Waals surface area contributed by atoms with E-state index in [1.165, 1.54) is 0 Å².